The monoisotopic (exact) mass is 381 g/mol. The van der Waals surface area contributed by atoms with Crippen LogP contribution in [0.3, 0.4) is 0 Å². The first kappa shape index (κ1) is 19.2. The van der Waals surface area contributed by atoms with Crippen LogP contribution in [0.4, 0.5) is 10.5 Å². The van der Waals surface area contributed by atoms with E-state index in [0.717, 1.165) is 18.5 Å². The van der Waals surface area contributed by atoms with Crippen LogP contribution < -0.4 is 20.1 Å². The minimum Gasteiger partial charge on any atom is -0.493 e. The molecule has 0 saturated heterocycles. The molecule has 8 heteroatoms. The molecule has 28 heavy (non-hydrogen) atoms. The maximum Gasteiger partial charge on any atom is 0.319 e. The summed E-state index contributed by atoms with van der Waals surface area (Å²) in [5.41, 5.74) is 1.66. The molecule has 3 aromatic rings. The van der Waals surface area contributed by atoms with Gasteiger partial charge < -0.3 is 24.7 Å². The van der Waals surface area contributed by atoms with E-state index in [9.17, 15) is 4.79 Å². The third kappa shape index (κ3) is 5.47. The molecule has 8 nitrogen and oxygen atoms in total. The molecule has 0 unspecified atom stereocenters. The molecule has 146 valence electrons. The van der Waals surface area contributed by atoms with Gasteiger partial charge in [0.05, 0.1) is 25.3 Å². The number of amides is 2. The lowest BCUT2D eigenvalue weighted by molar-refractivity contribution is 0.252. The summed E-state index contributed by atoms with van der Waals surface area (Å²) in [6, 6.07) is 8.80. The zero-order valence-electron chi connectivity index (χ0n) is 15.9. The minimum atomic E-state index is -0.277. The summed E-state index contributed by atoms with van der Waals surface area (Å²) in [6.07, 6.45) is 7.73. The third-order valence-corrected chi connectivity index (χ3v) is 3.97. The molecule has 0 aliphatic carbocycles. The van der Waals surface area contributed by atoms with E-state index < -0.39 is 0 Å². The summed E-state index contributed by atoms with van der Waals surface area (Å²) in [7, 11) is 1.59. The number of aromatic nitrogens is 3. The maximum absolute atomic E-state index is 11.9. The Balaban J connectivity index is 1.46. The van der Waals surface area contributed by atoms with Crippen LogP contribution in [-0.4, -0.2) is 34.2 Å². The van der Waals surface area contributed by atoms with Crippen LogP contribution in [0.1, 0.15) is 12.0 Å². The van der Waals surface area contributed by atoms with Gasteiger partial charge in [-0.2, -0.15) is 0 Å². The van der Waals surface area contributed by atoms with Crippen molar-refractivity contribution in [2.75, 3.05) is 19.0 Å². The van der Waals surface area contributed by atoms with Crippen molar-refractivity contribution in [3.63, 3.8) is 0 Å². The molecule has 0 aliphatic heterocycles. The normalized spacial score (nSPS) is 10.4. The number of nitrogens with zero attached hydrogens (tertiary/aromatic N) is 3. The van der Waals surface area contributed by atoms with Crippen LogP contribution in [0.2, 0.25) is 0 Å². The summed E-state index contributed by atoms with van der Waals surface area (Å²) in [5.74, 6) is 1.63. The lowest BCUT2D eigenvalue weighted by Crippen LogP contribution is -2.30. The van der Waals surface area contributed by atoms with E-state index in [4.69, 9.17) is 9.47 Å². The highest BCUT2D eigenvalue weighted by molar-refractivity contribution is 5.88. The van der Waals surface area contributed by atoms with Crippen molar-refractivity contribution < 1.29 is 14.3 Å². The fourth-order valence-electron chi connectivity index (χ4n) is 2.54. The van der Waals surface area contributed by atoms with Gasteiger partial charge in [-0.15, -0.1) is 0 Å². The van der Waals surface area contributed by atoms with Crippen molar-refractivity contribution >= 4 is 11.7 Å². The molecule has 2 heterocycles. The molecule has 2 amide bonds. The first-order valence-corrected chi connectivity index (χ1v) is 8.93. The topological polar surface area (TPSA) is 90.3 Å². The third-order valence-electron chi connectivity index (χ3n) is 3.97. The van der Waals surface area contributed by atoms with Gasteiger partial charge >= 0.3 is 6.03 Å². The molecule has 0 fully saturated rings. The quantitative estimate of drug-likeness (QED) is 0.582. The molecule has 0 aliphatic rings. The number of pyridine rings is 1. The van der Waals surface area contributed by atoms with E-state index >= 15 is 0 Å². The highest BCUT2D eigenvalue weighted by atomic mass is 16.5. The molecular formula is C20H23N5O3. The van der Waals surface area contributed by atoms with Crippen molar-refractivity contribution in [1.82, 2.24) is 19.9 Å². The molecule has 2 aromatic heterocycles. The summed E-state index contributed by atoms with van der Waals surface area (Å²) < 4.78 is 13.0. The van der Waals surface area contributed by atoms with Gasteiger partial charge in [0.2, 0.25) is 5.88 Å². The number of nitrogens with one attached hydrogen (secondary N) is 2. The zero-order chi connectivity index (χ0) is 19.8. The average molecular weight is 381 g/mol. The van der Waals surface area contributed by atoms with Gasteiger partial charge in [-0.05, 0) is 37.1 Å². The van der Waals surface area contributed by atoms with Crippen LogP contribution in [0.15, 0.2) is 55.2 Å². The Labute approximate surface area is 163 Å². The molecule has 0 spiro atoms. The number of hydrogen-bond acceptors (Lipinski definition) is 5. The van der Waals surface area contributed by atoms with Gasteiger partial charge in [0.1, 0.15) is 0 Å². The van der Waals surface area contributed by atoms with E-state index in [1.165, 1.54) is 0 Å². The predicted octanol–water partition coefficient (Wildman–Crippen LogP) is 3.60. The minimum absolute atomic E-state index is 0.277. The van der Waals surface area contributed by atoms with Crippen molar-refractivity contribution in [3.8, 4) is 17.4 Å². The molecule has 2 N–H and O–H groups in total. The Morgan fingerprint density at radius 3 is 2.82 bits per heavy atom. The van der Waals surface area contributed by atoms with Crippen LogP contribution in [-0.2, 0) is 6.54 Å². The average Bonchev–Trinajstić information content (AvgIpc) is 3.21. The van der Waals surface area contributed by atoms with E-state index in [1.807, 2.05) is 35.9 Å². The smallest absolute Gasteiger partial charge is 0.319 e. The largest absolute Gasteiger partial charge is 0.493 e. The summed E-state index contributed by atoms with van der Waals surface area (Å²) >= 11 is 0. The van der Waals surface area contributed by atoms with E-state index in [1.54, 1.807) is 38.0 Å². The first-order valence-electron chi connectivity index (χ1n) is 8.93. The Morgan fingerprint density at radius 1 is 1.21 bits per heavy atom. The number of carbonyl (C=O) groups is 1. The van der Waals surface area contributed by atoms with E-state index in [2.05, 4.69) is 20.6 Å². The van der Waals surface area contributed by atoms with Gasteiger partial charge in [-0.1, -0.05) is 6.07 Å². The second-order valence-corrected chi connectivity index (χ2v) is 6.18. The number of hydrogen-bond donors (Lipinski definition) is 2. The van der Waals surface area contributed by atoms with Crippen LogP contribution >= 0.6 is 0 Å². The summed E-state index contributed by atoms with van der Waals surface area (Å²) in [6.45, 7) is 3.34. The second kappa shape index (κ2) is 9.40. The Bertz CT molecular complexity index is 895. The summed E-state index contributed by atoms with van der Waals surface area (Å²) in [5, 5.41) is 5.55. The number of aryl methyl sites for hydroxylation is 2. The van der Waals surface area contributed by atoms with Crippen LogP contribution in [0.25, 0.3) is 0 Å². The maximum atomic E-state index is 11.9. The molecule has 0 saturated carbocycles. The number of rotatable bonds is 8. The molecule has 0 radical (unpaired) electrons. The van der Waals surface area contributed by atoms with E-state index in [-0.39, 0.29) is 6.03 Å². The van der Waals surface area contributed by atoms with Crippen LogP contribution in [0.5, 0.6) is 17.4 Å². The standard InChI is InChI=1S/C20H23N5O3/c1-15-4-6-17(18(12-15)27-2)28-19-7-5-16(13-23-19)24-20(26)22-8-3-10-25-11-9-21-14-25/h4-7,9,11-14H,3,8,10H2,1-2H3,(H2,22,24,26). The van der Waals surface area contributed by atoms with Gasteiger partial charge in [-0.25, -0.2) is 14.8 Å². The Kier molecular flexibility index (Phi) is 6.46. The number of urea groups is 1. The number of anilines is 1. The van der Waals surface area contributed by atoms with Gasteiger partial charge in [0, 0.05) is 31.5 Å². The number of methoxy groups -OCH3 is 1. The van der Waals surface area contributed by atoms with Crippen molar-refractivity contribution in [3.05, 3.63) is 60.8 Å². The fourth-order valence-corrected chi connectivity index (χ4v) is 2.54. The molecule has 0 atom stereocenters. The van der Waals surface area contributed by atoms with Gasteiger partial charge in [0.15, 0.2) is 11.5 Å². The summed E-state index contributed by atoms with van der Waals surface area (Å²) in [4.78, 5) is 20.2. The molecular weight excluding hydrogens is 358 g/mol. The lowest BCUT2D eigenvalue weighted by Gasteiger charge is -2.11. The SMILES string of the molecule is COc1cc(C)ccc1Oc1ccc(NC(=O)NCCCn2ccnc2)cn1. The molecule has 0 bridgehead atoms. The Morgan fingerprint density at radius 2 is 2.11 bits per heavy atom. The van der Waals surface area contributed by atoms with Crippen molar-refractivity contribution in [2.45, 2.75) is 19.9 Å². The van der Waals surface area contributed by atoms with Crippen LogP contribution in [0, 0.1) is 6.92 Å². The second-order valence-electron chi connectivity index (χ2n) is 6.18. The number of carbonyl (C=O) groups excluding carboxylic acids is 1. The lowest BCUT2D eigenvalue weighted by atomic mass is 10.2. The number of ether oxygens (including phenoxy) is 2. The highest BCUT2D eigenvalue weighted by Gasteiger charge is 2.07. The molecule has 3 rings (SSSR count). The predicted molar refractivity (Wildman–Crippen MR) is 106 cm³/mol. The van der Waals surface area contributed by atoms with Crippen molar-refractivity contribution in [1.29, 1.82) is 0 Å². The molecule has 1 aromatic carbocycles. The fraction of sp³-hybridized carbons (Fsp3) is 0.250. The first-order chi connectivity index (χ1) is 13.6. The van der Waals surface area contributed by atoms with Crippen molar-refractivity contribution in [2.24, 2.45) is 0 Å². The van der Waals surface area contributed by atoms with Gasteiger partial charge in [0.25, 0.3) is 0 Å². The number of benzene rings is 1. The Hall–Kier alpha value is -3.55. The van der Waals surface area contributed by atoms with E-state index in [0.29, 0.717) is 29.6 Å². The number of imidazole rings is 1. The zero-order valence-corrected chi connectivity index (χ0v) is 15.9. The van der Waals surface area contributed by atoms with Gasteiger partial charge in [-0.3, -0.25) is 0 Å². The highest BCUT2D eigenvalue weighted by Crippen LogP contribution is 2.31.